The molecule has 12 nitrogen and oxygen atoms in total. The molecule has 5 aromatic rings. The molecular formula is C46H44N2O10. The molecule has 1 saturated heterocycles. The molecule has 4 heterocycles. The van der Waals surface area contributed by atoms with Gasteiger partial charge in [-0.1, -0.05) is 42.7 Å². The lowest BCUT2D eigenvalue weighted by molar-refractivity contribution is -0.279. The molecule has 5 aliphatic rings. The quantitative estimate of drug-likeness (QED) is 0.164. The Labute approximate surface area is 334 Å². The number of benzene rings is 4. The maximum Gasteiger partial charge on any atom is 0.254 e. The molecule has 0 unspecified atom stereocenters. The van der Waals surface area contributed by atoms with Gasteiger partial charge in [0.15, 0.2) is 18.0 Å². The summed E-state index contributed by atoms with van der Waals surface area (Å²) >= 11 is 0. The number of phenolic OH excluding ortho intramolecular Hbond substituents is 1. The SMILES string of the molecule is COc1cc2c3c(O)c(c4c(c3c1)CC[C@@H]1CCC[C@H]41)C(=O)CN1Cc3c(cccc3C1=O)CC#CO[C@@H]1[C@@H](O)[C@@H](O2)O[C@H](COCc2c[nH]c3ccccc23)[C@H]1O. The average molecular weight is 785 g/mol. The van der Waals surface area contributed by atoms with Crippen molar-refractivity contribution in [3.63, 3.8) is 0 Å². The van der Waals surface area contributed by atoms with Crippen LogP contribution in [0.2, 0.25) is 0 Å². The predicted octanol–water partition coefficient (Wildman–Crippen LogP) is 5.65. The smallest absolute Gasteiger partial charge is 0.254 e. The largest absolute Gasteiger partial charge is 0.506 e. The number of aryl methyl sites for hydroxylation is 1. The molecule has 1 amide bonds. The van der Waals surface area contributed by atoms with Crippen molar-refractivity contribution >= 4 is 33.4 Å². The summed E-state index contributed by atoms with van der Waals surface area (Å²) in [4.78, 5) is 33.3. The first kappa shape index (κ1) is 36.7. The third kappa shape index (κ3) is 6.07. The number of H-pyrrole nitrogens is 1. The third-order valence-electron chi connectivity index (χ3n) is 12.9. The van der Waals surface area contributed by atoms with Crippen LogP contribution in [-0.4, -0.2) is 87.9 Å². The number of nitrogens with zero attached hydrogens (tertiary/aromatic N) is 1. The van der Waals surface area contributed by atoms with E-state index in [4.69, 9.17) is 23.7 Å². The van der Waals surface area contributed by atoms with Crippen LogP contribution in [-0.2, 0) is 40.2 Å². The minimum atomic E-state index is -1.55. The second-order valence-corrected chi connectivity index (χ2v) is 16.1. The lowest BCUT2D eigenvalue weighted by atomic mass is 9.72. The van der Waals surface area contributed by atoms with Crippen LogP contribution < -0.4 is 9.47 Å². The first-order valence-corrected chi connectivity index (χ1v) is 20.1. The first-order chi connectivity index (χ1) is 28.3. The fourth-order valence-electron chi connectivity index (χ4n) is 10.1. The number of hydrogen-bond acceptors (Lipinski definition) is 10. The summed E-state index contributed by atoms with van der Waals surface area (Å²) in [6, 6.07) is 16.7. The molecule has 10 rings (SSSR count). The van der Waals surface area contributed by atoms with Crippen molar-refractivity contribution in [1.82, 2.24) is 9.88 Å². The Hall–Kier alpha value is -5.58. The zero-order chi connectivity index (χ0) is 39.7. The van der Waals surface area contributed by atoms with Gasteiger partial charge in [0.2, 0.25) is 6.29 Å². The zero-order valence-electron chi connectivity index (χ0n) is 32.0. The number of methoxy groups -OCH3 is 1. The van der Waals surface area contributed by atoms with E-state index < -0.39 is 30.7 Å². The molecule has 2 fully saturated rings. The number of hydrogen-bond donors (Lipinski definition) is 4. The summed E-state index contributed by atoms with van der Waals surface area (Å²) in [5.74, 6) is 3.14. The van der Waals surface area contributed by atoms with Gasteiger partial charge in [-0.15, -0.1) is 0 Å². The number of fused-ring (bicyclic) bond motifs is 10. The molecule has 0 spiro atoms. The van der Waals surface area contributed by atoms with Gasteiger partial charge in [0.1, 0.15) is 35.6 Å². The number of aliphatic hydroxyl groups is 2. The highest BCUT2D eigenvalue weighted by Crippen LogP contribution is 2.54. The second kappa shape index (κ2) is 14.7. The van der Waals surface area contributed by atoms with E-state index >= 15 is 0 Å². The van der Waals surface area contributed by atoms with Crippen LogP contribution in [0.15, 0.2) is 60.8 Å². The van der Waals surface area contributed by atoms with Gasteiger partial charge in [-0.05, 0) is 83.4 Å². The van der Waals surface area contributed by atoms with E-state index in [-0.39, 0.29) is 72.8 Å². The van der Waals surface area contributed by atoms with Crippen LogP contribution in [0.5, 0.6) is 17.2 Å². The van der Waals surface area contributed by atoms with Crippen molar-refractivity contribution in [2.45, 2.75) is 88.3 Å². The molecule has 7 atom stereocenters. The van der Waals surface area contributed by atoms with E-state index in [0.29, 0.717) is 29.0 Å². The van der Waals surface area contributed by atoms with Crippen LogP contribution in [0.4, 0.5) is 0 Å². The molecule has 1 saturated carbocycles. The van der Waals surface area contributed by atoms with E-state index in [9.17, 15) is 24.9 Å². The van der Waals surface area contributed by atoms with Gasteiger partial charge in [-0.3, -0.25) is 9.59 Å². The van der Waals surface area contributed by atoms with Gasteiger partial charge in [-0.2, -0.15) is 0 Å². The summed E-state index contributed by atoms with van der Waals surface area (Å²) in [6.45, 7) is 0.128. The van der Waals surface area contributed by atoms with Crippen molar-refractivity contribution in [1.29, 1.82) is 0 Å². The minimum absolute atomic E-state index is 0.0796. The minimum Gasteiger partial charge on any atom is -0.506 e. The summed E-state index contributed by atoms with van der Waals surface area (Å²) in [5.41, 5.74) is 5.96. The van der Waals surface area contributed by atoms with E-state index in [1.54, 1.807) is 18.2 Å². The number of ether oxygens (including phenoxy) is 5. The van der Waals surface area contributed by atoms with Gasteiger partial charge in [-0.25, -0.2) is 0 Å². The topological polar surface area (TPSA) is 160 Å². The lowest BCUT2D eigenvalue weighted by Gasteiger charge is -2.41. The number of phenols is 1. The molecular weight excluding hydrogens is 741 g/mol. The summed E-state index contributed by atoms with van der Waals surface area (Å²) in [6.07, 6.45) is 2.67. The van der Waals surface area contributed by atoms with E-state index in [0.717, 1.165) is 64.4 Å². The maximum absolute atomic E-state index is 14.7. The number of rotatable bonds is 5. The number of aliphatic hydroxyl groups excluding tert-OH is 2. The summed E-state index contributed by atoms with van der Waals surface area (Å²) in [7, 11) is 1.54. The number of aromatic hydroxyl groups is 1. The molecule has 4 N–H and O–H groups in total. The third-order valence-corrected chi connectivity index (χ3v) is 12.9. The molecule has 4 aromatic carbocycles. The number of carbonyl (C=O) groups is 2. The Bertz CT molecular complexity index is 2530. The normalized spacial score (nSPS) is 26.3. The van der Waals surface area contributed by atoms with E-state index in [1.165, 1.54) is 12.0 Å². The average Bonchev–Trinajstić information content (AvgIpc) is 3.96. The molecule has 298 valence electrons. The number of nitrogens with one attached hydrogen (secondary N) is 1. The molecule has 6 bridgehead atoms. The van der Waals surface area contributed by atoms with Crippen LogP contribution in [0.25, 0.3) is 21.7 Å². The molecule has 58 heavy (non-hydrogen) atoms. The summed E-state index contributed by atoms with van der Waals surface area (Å²) in [5, 5.41) is 37.9. The molecule has 12 heteroatoms. The first-order valence-electron chi connectivity index (χ1n) is 20.1. The molecule has 1 aromatic heterocycles. The Morgan fingerprint density at radius 1 is 0.983 bits per heavy atom. The van der Waals surface area contributed by atoms with E-state index in [1.807, 2.05) is 42.6 Å². The standard InChI is InChI=1S/C46H44N2O10/c1-54-27-17-32-30-15-14-25-8-4-11-29(25)38(30)40-35(49)21-48-20-33-24(7-5-12-31(33)45(48)53)9-6-16-56-44-41(50)37(23-55-22-26-19-47-34-13-3-2-10-28(26)34)58-46(43(44)52)57-36(18-27)39(32)42(40)51/h2-3,5,7,10,12-13,17-19,25,29,37,41,43-44,46-47,50-52H,4,8-9,11,14-15,20-23H2,1H3/t25-,29-,37+,41+,43+,44-,46-/m0/s1. The predicted molar refractivity (Wildman–Crippen MR) is 212 cm³/mol. The number of carbonyl (C=O) groups excluding carboxylic acids is 2. The fraction of sp³-hybridized carbons (Fsp3) is 0.391. The monoisotopic (exact) mass is 784 g/mol. The molecule has 3 aliphatic heterocycles. The van der Waals surface area contributed by atoms with Crippen LogP contribution in [0, 0.1) is 17.9 Å². The Kier molecular flexibility index (Phi) is 9.29. The number of amides is 1. The van der Waals surface area contributed by atoms with Gasteiger partial charge >= 0.3 is 0 Å². The highest BCUT2D eigenvalue weighted by molar-refractivity contribution is 6.12. The second-order valence-electron chi connectivity index (χ2n) is 16.1. The molecule has 0 radical (unpaired) electrons. The number of ketones is 1. The lowest BCUT2D eigenvalue weighted by Crippen LogP contribution is -2.60. The Balaban J connectivity index is 1.09. The van der Waals surface area contributed by atoms with Crippen molar-refractivity contribution in [2.24, 2.45) is 5.92 Å². The number of Topliss-reactive ketones (excluding diaryl/α,β-unsaturated/α-hetero) is 1. The van der Waals surface area contributed by atoms with E-state index in [2.05, 4.69) is 17.0 Å². The van der Waals surface area contributed by atoms with Gasteiger partial charge in [0, 0.05) is 47.3 Å². The number of para-hydroxylation sites is 1. The van der Waals surface area contributed by atoms with Crippen molar-refractivity contribution < 1.29 is 48.6 Å². The fourth-order valence-corrected chi connectivity index (χ4v) is 10.1. The Morgan fingerprint density at radius 2 is 1.86 bits per heavy atom. The van der Waals surface area contributed by atoms with Crippen molar-refractivity contribution in [2.75, 3.05) is 20.3 Å². The number of aromatic amines is 1. The molecule has 2 aliphatic carbocycles. The van der Waals surface area contributed by atoms with Crippen LogP contribution in [0.1, 0.15) is 80.1 Å². The summed E-state index contributed by atoms with van der Waals surface area (Å²) < 4.78 is 30.7. The van der Waals surface area contributed by atoms with Crippen LogP contribution in [0.3, 0.4) is 0 Å². The van der Waals surface area contributed by atoms with Crippen molar-refractivity contribution in [3.05, 3.63) is 99.7 Å². The zero-order valence-corrected chi connectivity index (χ0v) is 32.0. The van der Waals surface area contributed by atoms with Gasteiger partial charge < -0.3 is 48.9 Å². The number of aromatic nitrogens is 1. The van der Waals surface area contributed by atoms with Crippen molar-refractivity contribution in [3.8, 4) is 29.3 Å². The van der Waals surface area contributed by atoms with Gasteiger partial charge in [0.05, 0.1) is 37.8 Å². The highest BCUT2D eigenvalue weighted by Gasteiger charge is 2.48. The Morgan fingerprint density at radius 3 is 2.74 bits per heavy atom. The van der Waals surface area contributed by atoms with Gasteiger partial charge in [0.25, 0.3) is 5.91 Å². The maximum atomic E-state index is 14.7. The highest BCUT2D eigenvalue weighted by atomic mass is 16.7. The van der Waals surface area contributed by atoms with Crippen LogP contribution >= 0.6 is 0 Å².